The Hall–Kier alpha value is -2.60. The second-order valence-corrected chi connectivity index (χ2v) is 6.10. The van der Waals surface area contributed by atoms with Crippen LogP contribution in [-0.4, -0.2) is 23.0 Å². The second kappa shape index (κ2) is 5.55. The van der Waals surface area contributed by atoms with Crippen LogP contribution in [0.2, 0.25) is 0 Å². The average Bonchev–Trinajstić information content (AvgIpc) is 2.53. The van der Waals surface area contributed by atoms with Crippen LogP contribution in [0.1, 0.15) is 20.8 Å². The van der Waals surface area contributed by atoms with E-state index in [-0.39, 0.29) is 5.69 Å². The smallest absolute Gasteiger partial charge is 0.213 e. The van der Waals surface area contributed by atoms with E-state index in [0.29, 0.717) is 17.4 Å². The molecule has 1 aliphatic heterocycles. The Bertz CT molecular complexity index is 731. The van der Waals surface area contributed by atoms with Crippen molar-refractivity contribution in [3.63, 3.8) is 0 Å². The van der Waals surface area contributed by atoms with Gasteiger partial charge < -0.3 is 19.9 Å². The van der Waals surface area contributed by atoms with Gasteiger partial charge in [-0.1, -0.05) is 6.07 Å². The third kappa shape index (κ3) is 2.98. The first-order chi connectivity index (χ1) is 10.9. The van der Waals surface area contributed by atoms with Crippen LogP contribution < -0.4 is 14.7 Å². The largest absolute Gasteiger partial charge is 0.752 e. The van der Waals surface area contributed by atoms with Crippen LogP contribution in [0.3, 0.4) is 0 Å². The van der Waals surface area contributed by atoms with E-state index in [2.05, 4.69) is 4.98 Å². The minimum absolute atomic E-state index is 0.278. The number of rotatable bonds is 2. The molecule has 6 heteroatoms. The zero-order chi connectivity index (χ0) is 16.6. The molecule has 0 saturated heterocycles. The van der Waals surface area contributed by atoms with Crippen LogP contribution >= 0.6 is 0 Å². The molecule has 1 amide bonds. The fourth-order valence-corrected chi connectivity index (χ4v) is 2.62. The zero-order valence-corrected chi connectivity index (χ0v) is 13.3. The summed E-state index contributed by atoms with van der Waals surface area (Å²) >= 11 is 0. The van der Waals surface area contributed by atoms with Gasteiger partial charge in [0.15, 0.2) is 0 Å². The molecule has 23 heavy (non-hydrogen) atoms. The van der Waals surface area contributed by atoms with Gasteiger partial charge in [-0.3, -0.25) is 4.79 Å². The van der Waals surface area contributed by atoms with Gasteiger partial charge in [-0.05, 0) is 44.2 Å². The number of ether oxygens (including phenoxy) is 1. The molecule has 1 aromatic heterocycles. The molecule has 0 spiro atoms. The van der Waals surface area contributed by atoms with E-state index < -0.39 is 11.5 Å². The lowest BCUT2D eigenvalue weighted by Crippen LogP contribution is -2.45. The number of hydroxylamine groups is 1. The molecule has 3 rings (SSSR count). The summed E-state index contributed by atoms with van der Waals surface area (Å²) in [6.45, 7) is 5.81. The van der Waals surface area contributed by atoms with E-state index in [0.717, 1.165) is 11.5 Å². The van der Waals surface area contributed by atoms with Crippen molar-refractivity contribution in [2.75, 3.05) is 16.5 Å². The number of hydrogen-bond acceptors (Lipinski definition) is 5. The van der Waals surface area contributed by atoms with Crippen LogP contribution in [-0.2, 0) is 4.79 Å². The van der Waals surface area contributed by atoms with Gasteiger partial charge in [0.1, 0.15) is 17.2 Å². The van der Waals surface area contributed by atoms with Gasteiger partial charge in [-0.15, -0.1) is 0 Å². The highest BCUT2D eigenvalue weighted by Gasteiger charge is 2.33. The maximum absolute atomic E-state index is 11.9. The summed E-state index contributed by atoms with van der Waals surface area (Å²) < 4.78 is 5.99. The van der Waals surface area contributed by atoms with Crippen molar-refractivity contribution in [2.24, 2.45) is 0 Å². The lowest BCUT2D eigenvalue weighted by atomic mass is 10.0. The Labute approximate surface area is 134 Å². The molecule has 2 heterocycles. The first kappa shape index (κ1) is 15.3. The predicted octanol–water partition coefficient (Wildman–Crippen LogP) is 3.24. The number of carbonyl (C=O) groups excluding carboxylic acids is 1. The summed E-state index contributed by atoms with van der Waals surface area (Å²) in [7, 11) is 0. The van der Waals surface area contributed by atoms with Crippen LogP contribution in [0.4, 0.5) is 17.2 Å². The molecule has 0 unspecified atom stereocenters. The predicted molar refractivity (Wildman–Crippen MR) is 88.9 cm³/mol. The third-order valence-corrected chi connectivity index (χ3v) is 3.60. The lowest BCUT2D eigenvalue weighted by molar-refractivity contribution is -0.116. The van der Waals surface area contributed by atoms with Crippen molar-refractivity contribution in [1.82, 2.24) is 4.98 Å². The molecule has 0 saturated carbocycles. The molecular formula is C17H18N3O3-. The quantitative estimate of drug-likeness (QED) is 0.796. The highest BCUT2D eigenvalue weighted by atomic mass is 16.5. The number of benzene rings is 1. The molecule has 120 valence electrons. The van der Waals surface area contributed by atoms with E-state index in [1.807, 2.05) is 36.9 Å². The minimum Gasteiger partial charge on any atom is -0.752 e. The number of pyridine rings is 1. The molecule has 0 fully saturated rings. The summed E-state index contributed by atoms with van der Waals surface area (Å²) in [6, 6.07) is 10.6. The summed E-state index contributed by atoms with van der Waals surface area (Å²) in [6.07, 6.45) is 1.72. The second-order valence-electron chi connectivity index (χ2n) is 6.10. The number of nitrogens with zero attached hydrogens (tertiary/aromatic N) is 3. The molecule has 0 bridgehead atoms. The molecule has 0 aliphatic carbocycles. The van der Waals surface area contributed by atoms with Gasteiger partial charge in [0.25, 0.3) is 0 Å². The molecule has 0 radical (unpaired) electrons. The van der Waals surface area contributed by atoms with Gasteiger partial charge >= 0.3 is 0 Å². The lowest BCUT2D eigenvalue weighted by Gasteiger charge is -2.41. The highest BCUT2D eigenvalue weighted by Crippen LogP contribution is 2.42. The van der Waals surface area contributed by atoms with Crippen LogP contribution in [0, 0.1) is 5.21 Å². The van der Waals surface area contributed by atoms with Crippen LogP contribution in [0.5, 0.6) is 5.75 Å². The zero-order valence-electron chi connectivity index (χ0n) is 13.3. The monoisotopic (exact) mass is 312 g/mol. The molecule has 2 aromatic rings. The van der Waals surface area contributed by atoms with Gasteiger partial charge in [-0.25, -0.2) is 4.98 Å². The Morgan fingerprint density at radius 3 is 2.78 bits per heavy atom. The summed E-state index contributed by atoms with van der Waals surface area (Å²) in [5.41, 5.74) is 0.604. The average molecular weight is 312 g/mol. The Morgan fingerprint density at radius 1 is 1.35 bits per heavy atom. The van der Waals surface area contributed by atoms with Crippen molar-refractivity contribution in [3.8, 4) is 5.75 Å². The Kier molecular flexibility index (Phi) is 3.69. The van der Waals surface area contributed by atoms with E-state index in [9.17, 15) is 10.0 Å². The summed E-state index contributed by atoms with van der Waals surface area (Å²) in [5.74, 6) is 0.863. The van der Waals surface area contributed by atoms with Gasteiger partial charge in [-0.2, -0.15) is 0 Å². The first-order valence-corrected chi connectivity index (χ1v) is 7.37. The maximum Gasteiger partial charge on any atom is 0.213 e. The molecule has 0 atom stereocenters. The van der Waals surface area contributed by atoms with Crippen molar-refractivity contribution < 1.29 is 9.53 Å². The molecular weight excluding hydrogens is 294 g/mol. The topological polar surface area (TPSA) is 68.7 Å². The SMILES string of the molecule is CC(=O)N([O-])c1ccc2c(c1)N(c1ccccn1)CC(C)(C)O2. The molecule has 0 N–H and O–H groups in total. The van der Waals surface area contributed by atoms with Crippen LogP contribution in [0.25, 0.3) is 0 Å². The third-order valence-electron chi connectivity index (χ3n) is 3.60. The number of hydrogen-bond donors (Lipinski definition) is 0. The highest BCUT2D eigenvalue weighted by molar-refractivity contribution is 5.93. The standard InChI is InChI=1S/C17H18N3O3/c1-12(21)20(22)13-7-8-15-14(10-13)19(11-17(2,3)23-15)16-6-4-5-9-18-16/h4-10H,11H2,1-3H3/q-1. The van der Waals surface area contributed by atoms with E-state index in [1.165, 1.54) is 6.92 Å². The van der Waals surface area contributed by atoms with Crippen molar-refractivity contribution >= 4 is 23.1 Å². The first-order valence-electron chi connectivity index (χ1n) is 7.37. The summed E-state index contributed by atoms with van der Waals surface area (Å²) in [4.78, 5) is 17.7. The Balaban J connectivity index is 2.09. The van der Waals surface area contributed by atoms with Gasteiger partial charge in [0.2, 0.25) is 5.91 Å². The number of amides is 1. The number of aromatic nitrogens is 1. The van der Waals surface area contributed by atoms with Gasteiger partial charge in [0, 0.05) is 18.8 Å². The normalized spacial score (nSPS) is 15.6. The fourth-order valence-electron chi connectivity index (χ4n) is 2.62. The van der Waals surface area contributed by atoms with Crippen molar-refractivity contribution in [1.29, 1.82) is 0 Å². The van der Waals surface area contributed by atoms with Gasteiger partial charge in [0.05, 0.1) is 12.2 Å². The van der Waals surface area contributed by atoms with E-state index in [4.69, 9.17) is 4.74 Å². The molecule has 1 aliphatic rings. The molecule has 6 nitrogen and oxygen atoms in total. The van der Waals surface area contributed by atoms with Crippen LogP contribution in [0.15, 0.2) is 42.6 Å². The van der Waals surface area contributed by atoms with Crippen molar-refractivity contribution in [2.45, 2.75) is 26.4 Å². The van der Waals surface area contributed by atoms with E-state index >= 15 is 0 Å². The maximum atomic E-state index is 11.9. The fraction of sp³-hybridized carbons (Fsp3) is 0.294. The Morgan fingerprint density at radius 2 is 2.13 bits per heavy atom. The van der Waals surface area contributed by atoms with Crippen molar-refractivity contribution in [3.05, 3.63) is 47.8 Å². The molecule has 1 aromatic carbocycles. The number of carbonyl (C=O) groups is 1. The van der Waals surface area contributed by atoms with E-state index in [1.54, 1.807) is 24.4 Å². The minimum atomic E-state index is -0.564. The summed E-state index contributed by atoms with van der Waals surface area (Å²) in [5, 5.41) is 12.3. The number of fused-ring (bicyclic) bond motifs is 1. The number of anilines is 3.